The fourth-order valence-corrected chi connectivity index (χ4v) is 1.09. The molecule has 0 spiro atoms. The van der Waals surface area contributed by atoms with E-state index in [4.69, 9.17) is 4.74 Å². The molecule has 0 bridgehead atoms. The average Bonchev–Trinajstić information content (AvgIpc) is 2.14. The minimum Gasteiger partial charge on any atom is -0.498 e. The molecule has 0 aromatic carbocycles. The van der Waals surface area contributed by atoms with Gasteiger partial charge in [-0.05, 0) is 33.3 Å². The van der Waals surface area contributed by atoms with Gasteiger partial charge in [-0.3, -0.25) is 0 Å². The molecule has 0 aliphatic carbocycles. The zero-order chi connectivity index (χ0) is 10.8. The van der Waals surface area contributed by atoms with E-state index in [0.29, 0.717) is 0 Å². The Kier molecular flexibility index (Phi) is 8.40. The first kappa shape index (κ1) is 13.3. The monoisotopic (exact) mass is 196 g/mol. The lowest BCUT2D eigenvalue weighted by atomic mass is 10.2. The molecule has 1 nitrogen and oxygen atoms in total. The molecule has 0 saturated heterocycles. The van der Waals surface area contributed by atoms with E-state index in [9.17, 15) is 0 Å². The van der Waals surface area contributed by atoms with Gasteiger partial charge in [-0.1, -0.05) is 37.8 Å². The van der Waals surface area contributed by atoms with E-state index in [2.05, 4.69) is 26.8 Å². The molecule has 0 rings (SSSR count). The van der Waals surface area contributed by atoms with Gasteiger partial charge >= 0.3 is 0 Å². The van der Waals surface area contributed by atoms with E-state index in [-0.39, 0.29) is 0 Å². The van der Waals surface area contributed by atoms with Gasteiger partial charge in [0.1, 0.15) is 0 Å². The third-order valence-corrected chi connectivity index (χ3v) is 1.98. The molecule has 0 heterocycles. The minimum atomic E-state index is 0.860. The summed E-state index contributed by atoms with van der Waals surface area (Å²) in [6.07, 6.45) is 9.18. The summed E-state index contributed by atoms with van der Waals surface area (Å²) in [7, 11) is 0. The topological polar surface area (TPSA) is 9.23 Å². The van der Waals surface area contributed by atoms with Crippen molar-refractivity contribution in [2.24, 2.45) is 0 Å². The van der Waals surface area contributed by atoms with Crippen molar-refractivity contribution >= 4 is 0 Å². The van der Waals surface area contributed by atoms with Gasteiger partial charge in [-0.25, -0.2) is 0 Å². The second-order valence-electron chi connectivity index (χ2n) is 3.93. The summed E-state index contributed by atoms with van der Waals surface area (Å²) in [5.41, 5.74) is 1.30. The summed E-state index contributed by atoms with van der Waals surface area (Å²) in [4.78, 5) is 0. The van der Waals surface area contributed by atoms with E-state index in [1.54, 1.807) is 0 Å². The van der Waals surface area contributed by atoms with Crippen LogP contribution in [-0.2, 0) is 4.74 Å². The van der Waals surface area contributed by atoms with Gasteiger partial charge < -0.3 is 4.74 Å². The van der Waals surface area contributed by atoms with Crippen LogP contribution in [0, 0.1) is 0 Å². The molecular formula is C13H24O. The molecule has 0 unspecified atom stereocenters. The van der Waals surface area contributed by atoms with Crippen LogP contribution in [0.25, 0.3) is 0 Å². The van der Waals surface area contributed by atoms with Crippen molar-refractivity contribution in [1.29, 1.82) is 0 Å². The predicted molar refractivity (Wildman–Crippen MR) is 63.3 cm³/mol. The zero-order valence-corrected chi connectivity index (χ0v) is 10.1. The normalized spacial score (nSPS) is 11.3. The Morgan fingerprint density at radius 3 is 2.29 bits per heavy atom. The lowest BCUT2D eigenvalue weighted by Gasteiger charge is -2.04. The Labute approximate surface area is 88.9 Å². The maximum Gasteiger partial charge on any atom is 0.0928 e. The Hall–Kier alpha value is -0.720. The minimum absolute atomic E-state index is 0.860. The zero-order valence-electron chi connectivity index (χ0n) is 10.1. The standard InChI is InChI=1S/C13H24O/c1-5-6-7-8-11-14-13(4)10-9-12(2)3/h9-10H,5-8,11H2,1-4H3/b13-10+. The van der Waals surface area contributed by atoms with Crippen molar-refractivity contribution in [2.45, 2.75) is 53.4 Å². The summed E-state index contributed by atoms with van der Waals surface area (Å²) in [5, 5.41) is 0. The Morgan fingerprint density at radius 1 is 1.00 bits per heavy atom. The van der Waals surface area contributed by atoms with E-state index < -0.39 is 0 Å². The van der Waals surface area contributed by atoms with Gasteiger partial charge in [0.15, 0.2) is 0 Å². The first-order valence-electron chi connectivity index (χ1n) is 5.61. The van der Waals surface area contributed by atoms with Crippen LogP contribution in [0.5, 0.6) is 0 Å². The van der Waals surface area contributed by atoms with Crippen molar-refractivity contribution in [1.82, 2.24) is 0 Å². The van der Waals surface area contributed by atoms with Crippen molar-refractivity contribution in [3.63, 3.8) is 0 Å². The number of ether oxygens (including phenoxy) is 1. The molecule has 14 heavy (non-hydrogen) atoms. The molecule has 0 saturated carbocycles. The van der Waals surface area contributed by atoms with Gasteiger partial charge in [0.25, 0.3) is 0 Å². The Balaban J connectivity index is 3.48. The highest BCUT2D eigenvalue weighted by Gasteiger charge is 1.90. The summed E-state index contributed by atoms with van der Waals surface area (Å²) in [6.45, 7) is 9.27. The lowest BCUT2D eigenvalue weighted by molar-refractivity contribution is 0.207. The SMILES string of the molecule is CCCCCCO/C(C)=C/C=C(C)C. The second-order valence-corrected chi connectivity index (χ2v) is 3.93. The maximum absolute atomic E-state index is 5.56. The van der Waals surface area contributed by atoms with Crippen LogP contribution in [0.3, 0.4) is 0 Å². The number of unbranched alkanes of at least 4 members (excludes halogenated alkanes) is 3. The number of hydrogen-bond donors (Lipinski definition) is 0. The highest BCUT2D eigenvalue weighted by atomic mass is 16.5. The Bertz CT molecular complexity index is 185. The van der Waals surface area contributed by atoms with Gasteiger partial charge in [0, 0.05) is 0 Å². The second kappa shape index (κ2) is 8.86. The third-order valence-electron chi connectivity index (χ3n) is 1.98. The smallest absolute Gasteiger partial charge is 0.0928 e. The maximum atomic E-state index is 5.56. The van der Waals surface area contributed by atoms with Crippen LogP contribution in [-0.4, -0.2) is 6.61 Å². The van der Waals surface area contributed by atoms with Gasteiger partial charge in [0.2, 0.25) is 0 Å². The van der Waals surface area contributed by atoms with Crippen molar-refractivity contribution in [3.05, 3.63) is 23.5 Å². The highest BCUT2D eigenvalue weighted by Crippen LogP contribution is 2.03. The van der Waals surface area contributed by atoms with Crippen molar-refractivity contribution in [3.8, 4) is 0 Å². The summed E-state index contributed by atoms with van der Waals surface area (Å²) in [5.74, 6) is 1.02. The quantitative estimate of drug-likeness (QED) is 0.332. The number of hydrogen-bond acceptors (Lipinski definition) is 1. The van der Waals surface area contributed by atoms with Gasteiger partial charge in [0.05, 0.1) is 12.4 Å². The first-order valence-corrected chi connectivity index (χ1v) is 5.61. The van der Waals surface area contributed by atoms with Gasteiger partial charge in [-0.2, -0.15) is 0 Å². The van der Waals surface area contributed by atoms with Gasteiger partial charge in [-0.15, -0.1) is 0 Å². The average molecular weight is 196 g/mol. The molecule has 0 radical (unpaired) electrons. The van der Waals surface area contributed by atoms with E-state index in [1.165, 1.54) is 31.3 Å². The molecule has 0 N–H and O–H groups in total. The molecule has 0 aliphatic rings. The van der Waals surface area contributed by atoms with Crippen LogP contribution < -0.4 is 0 Å². The Morgan fingerprint density at radius 2 is 1.71 bits per heavy atom. The largest absolute Gasteiger partial charge is 0.498 e. The molecule has 1 heteroatoms. The van der Waals surface area contributed by atoms with Crippen LogP contribution in [0.1, 0.15) is 53.4 Å². The van der Waals surface area contributed by atoms with E-state index in [0.717, 1.165) is 12.4 Å². The van der Waals surface area contributed by atoms with Crippen LogP contribution in [0.4, 0.5) is 0 Å². The molecule has 0 amide bonds. The number of rotatable bonds is 7. The molecule has 0 aliphatic heterocycles. The van der Waals surface area contributed by atoms with Crippen molar-refractivity contribution < 1.29 is 4.74 Å². The first-order chi connectivity index (χ1) is 6.66. The summed E-state index contributed by atoms with van der Waals surface area (Å²) in [6, 6.07) is 0. The van der Waals surface area contributed by atoms with Crippen LogP contribution >= 0.6 is 0 Å². The molecule has 0 fully saturated rings. The molecular weight excluding hydrogens is 172 g/mol. The molecule has 0 aromatic rings. The lowest BCUT2D eigenvalue weighted by Crippen LogP contribution is -1.92. The van der Waals surface area contributed by atoms with Crippen molar-refractivity contribution in [2.75, 3.05) is 6.61 Å². The molecule has 0 aromatic heterocycles. The highest BCUT2D eigenvalue weighted by molar-refractivity contribution is 5.10. The third kappa shape index (κ3) is 9.37. The number of allylic oxidation sites excluding steroid dienone is 4. The molecule has 82 valence electrons. The molecule has 0 atom stereocenters. The fourth-order valence-electron chi connectivity index (χ4n) is 1.09. The van der Waals surface area contributed by atoms with E-state index in [1.807, 2.05) is 13.0 Å². The fraction of sp³-hybridized carbons (Fsp3) is 0.692. The summed E-state index contributed by atoms with van der Waals surface area (Å²) >= 11 is 0. The van der Waals surface area contributed by atoms with Crippen LogP contribution in [0.15, 0.2) is 23.5 Å². The summed E-state index contributed by atoms with van der Waals surface area (Å²) < 4.78 is 5.56. The van der Waals surface area contributed by atoms with Crippen LogP contribution in [0.2, 0.25) is 0 Å². The van der Waals surface area contributed by atoms with E-state index >= 15 is 0 Å². The predicted octanol–water partition coefficient (Wildman–Crippen LogP) is 4.45.